The monoisotopic (exact) mass is 254 g/mol. The van der Waals surface area contributed by atoms with E-state index in [0.717, 1.165) is 24.7 Å². The number of amides is 1. The number of benzene rings is 1. The third-order valence-electron chi connectivity index (χ3n) is 2.26. The summed E-state index contributed by atoms with van der Waals surface area (Å²) in [5, 5.41) is 14.3. The highest BCUT2D eigenvalue weighted by atomic mass is 19.1. The van der Waals surface area contributed by atoms with Crippen LogP contribution in [0.15, 0.2) is 18.2 Å². The fraction of sp³-hybridized carbons (Fsp3) is 0.333. The van der Waals surface area contributed by atoms with Crippen molar-refractivity contribution in [2.75, 3.05) is 18.4 Å². The lowest BCUT2D eigenvalue weighted by molar-refractivity contribution is -0.116. The number of carbonyl (C=O) groups is 2. The van der Waals surface area contributed by atoms with Crippen LogP contribution in [0, 0.1) is 5.82 Å². The van der Waals surface area contributed by atoms with Crippen LogP contribution in [0.3, 0.4) is 0 Å². The fourth-order valence-corrected chi connectivity index (χ4v) is 1.40. The molecular formula is C12H15FN2O3. The number of hydrogen-bond acceptors (Lipinski definition) is 3. The number of nitrogens with one attached hydrogen (secondary N) is 2. The molecule has 1 rings (SSSR count). The molecule has 3 N–H and O–H groups in total. The molecule has 6 heteroatoms. The van der Waals surface area contributed by atoms with Crippen LogP contribution in [0.1, 0.15) is 23.7 Å². The largest absolute Gasteiger partial charge is 0.478 e. The molecule has 18 heavy (non-hydrogen) atoms. The lowest BCUT2D eigenvalue weighted by Crippen LogP contribution is -2.22. The van der Waals surface area contributed by atoms with Crippen LogP contribution in [0.4, 0.5) is 10.1 Å². The highest BCUT2D eigenvalue weighted by Crippen LogP contribution is 2.17. The average Bonchev–Trinajstić information content (AvgIpc) is 2.29. The summed E-state index contributed by atoms with van der Waals surface area (Å²) in [6.45, 7) is 3.14. The van der Waals surface area contributed by atoms with Gasteiger partial charge in [0.15, 0.2) is 0 Å². The molecule has 98 valence electrons. The highest BCUT2D eigenvalue weighted by molar-refractivity contribution is 6.00. The number of anilines is 1. The average molecular weight is 254 g/mol. The number of hydrogen-bond donors (Lipinski definition) is 3. The molecule has 1 aromatic rings. The smallest absolute Gasteiger partial charge is 0.337 e. The quantitative estimate of drug-likeness (QED) is 0.672. The highest BCUT2D eigenvalue weighted by Gasteiger charge is 2.13. The molecule has 0 saturated carbocycles. The second-order valence-corrected chi connectivity index (χ2v) is 3.65. The Labute approximate surface area is 104 Å². The van der Waals surface area contributed by atoms with Gasteiger partial charge in [-0.3, -0.25) is 4.79 Å². The predicted molar refractivity (Wildman–Crippen MR) is 65.1 cm³/mol. The van der Waals surface area contributed by atoms with Crippen LogP contribution in [0.5, 0.6) is 0 Å². The molecule has 0 heterocycles. The van der Waals surface area contributed by atoms with E-state index in [1.807, 2.05) is 6.92 Å². The molecule has 0 saturated heterocycles. The first-order chi connectivity index (χ1) is 8.54. The minimum Gasteiger partial charge on any atom is -0.478 e. The molecule has 0 aliphatic heterocycles. The van der Waals surface area contributed by atoms with Gasteiger partial charge in [-0.05, 0) is 24.7 Å². The summed E-state index contributed by atoms with van der Waals surface area (Å²) in [6, 6.07) is 3.16. The lowest BCUT2D eigenvalue weighted by Gasteiger charge is -2.08. The molecule has 0 fully saturated rings. The topological polar surface area (TPSA) is 78.4 Å². The predicted octanol–water partition coefficient (Wildman–Crippen LogP) is 1.46. The Morgan fingerprint density at radius 3 is 2.72 bits per heavy atom. The molecule has 0 aromatic heterocycles. The number of aromatic carboxylic acids is 1. The lowest BCUT2D eigenvalue weighted by atomic mass is 10.1. The van der Waals surface area contributed by atoms with Gasteiger partial charge in [0.2, 0.25) is 5.91 Å². The fourth-order valence-electron chi connectivity index (χ4n) is 1.40. The maximum Gasteiger partial charge on any atom is 0.337 e. The Morgan fingerprint density at radius 2 is 2.11 bits per heavy atom. The van der Waals surface area contributed by atoms with Gasteiger partial charge in [-0.2, -0.15) is 0 Å². The number of carboxylic acid groups (broad SMARTS) is 1. The number of carboxylic acids is 1. The van der Waals surface area contributed by atoms with Crippen molar-refractivity contribution < 1.29 is 19.1 Å². The van der Waals surface area contributed by atoms with E-state index in [1.54, 1.807) is 0 Å². The van der Waals surface area contributed by atoms with Crippen molar-refractivity contribution in [1.82, 2.24) is 5.32 Å². The maximum atomic E-state index is 13.0. The van der Waals surface area contributed by atoms with Crippen molar-refractivity contribution in [2.24, 2.45) is 0 Å². The zero-order valence-electron chi connectivity index (χ0n) is 10.00. The Balaban J connectivity index is 2.73. The molecule has 0 spiro atoms. The molecule has 0 atom stereocenters. The van der Waals surface area contributed by atoms with Crippen molar-refractivity contribution in [3.05, 3.63) is 29.6 Å². The number of rotatable bonds is 6. The van der Waals surface area contributed by atoms with Gasteiger partial charge in [-0.25, -0.2) is 9.18 Å². The van der Waals surface area contributed by atoms with Gasteiger partial charge in [0.05, 0.1) is 11.3 Å². The van der Waals surface area contributed by atoms with Gasteiger partial charge in [-0.15, -0.1) is 0 Å². The summed E-state index contributed by atoms with van der Waals surface area (Å²) in [5.41, 5.74) is -0.155. The third-order valence-corrected chi connectivity index (χ3v) is 2.26. The zero-order chi connectivity index (χ0) is 13.5. The summed E-state index contributed by atoms with van der Waals surface area (Å²) >= 11 is 0. The van der Waals surface area contributed by atoms with Gasteiger partial charge < -0.3 is 15.7 Å². The molecule has 0 bridgehead atoms. The van der Waals surface area contributed by atoms with E-state index in [0.29, 0.717) is 6.54 Å². The van der Waals surface area contributed by atoms with E-state index in [9.17, 15) is 14.0 Å². The second-order valence-electron chi connectivity index (χ2n) is 3.65. The number of carbonyl (C=O) groups excluding carboxylic acids is 1. The van der Waals surface area contributed by atoms with E-state index in [1.165, 1.54) is 0 Å². The van der Waals surface area contributed by atoms with Crippen LogP contribution < -0.4 is 10.6 Å². The molecule has 5 nitrogen and oxygen atoms in total. The number of halogens is 1. The van der Waals surface area contributed by atoms with E-state index < -0.39 is 11.8 Å². The van der Waals surface area contributed by atoms with Gasteiger partial charge in [0.1, 0.15) is 5.82 Å². The normalized spacial score (nSPS) is 10.1. The Hall–Kier alpha value is -1.95. The molecule has 1 aromatic carbocycles. The van der Waals surface area contributed by atoms with Crippen molar-refractivity contribution in [1.29, 1.82) is 0 Å². The van der Waals surface area contributed by atoms with Gasteiger partial charge in [0, 0.05) is 13.0 Å². The Bertz CT molecular complexity index is 449. The third kappa shape index (κ3) is 4.14. The first-order valence-electron chi connectivity index (χ1n) is 5.58. The van der Waals surface area contributed by atoms with Gasteiger partial charge in [-0.1, -0.05) is 6.92 Å². The molecule has 0 aliphatic rings. The van der Waals surface area contributed by atoms with Crippen molar-refractivity contribution in [3.63, 3.8) is 0 Å². The summed E-state index contributed by atoms with van der Waals surface area (Å²) in [6.07, 6.45) is 0.198. The Morgan fingerprint density at radius 1 is 1.39 bits per heavy atom. The molecule has 0 radical (unpaired) electrons. The van der Waals surface area contributed by atoms with Crippen molar-refractivity contribution >= 4 is 17.6 Å². The van der Waals surface area contributed by atoms with Gasteiger partial charge >= 0.3 is 5.97 Å². The molecule has 0 aliphatic carbocycles. The van der Waals surface area contributed by atoms with Crippen LogP contribution in [-0.2, 0) is 4.79 Å². The Kier molecular flexibility index (Phi) is 5.26. The van der Waals surface area contributed by atoms with Crippen LogP contribution in [0.2, 0.25) is 0 Å². The van der Waals surface area contributed by atoms with Crippen LogP contribution >= 0.6 is 0 Å². The summed E-state index contributed by atoms with van der Waals surface area (Å²) in [5.74, 6) is -2.16. The summed E-state index contributed by atoms with van der Waals surface area (Å²) in [4.78, 5) is 22.4. The maximum absolute atomic E-state index is 13.0. The van der Waals surface area contributed by atoms with E-state index >= 15 is 0 Å². The van der Waals surface area contributed by atoms with Crippen LogP contribution in [-0.4, -0.2) is 30.1 Å². The second kappa shape index (κ2) is 6.70. The standard InChI is InChI=1S/C12H15FN2O3/c1-2-14-6-5-11(16)15-10-7-8(13)3-4-9(10)12(17)18/h3-4,7,14H,2,5-6H2,1H3,(H,15,16)(H,17,18). The minimum atomic E-state index is -1.21. The first-order valence-corrected chi connectivity index (χ1v) is 5.58. The van der Waals surface area contributed by atoms with Crippen LogP contribution in [0.25, 0.3) is 0 Å². The first kappa shape index (κ1) is 14.1. The van der Waals surface area contributed by atoms with Crippen molar-refractivity contribution in [3.8, 4) is 0 Å². The molecular weight excluding hydrogens is 239 g/mol. The van der Waals surface area contributed by atoms with Crippen molar-refractivity contribution in [2.45, 2.75) is 13.3 Å². The van der Waals surface area contributed by atoms with E-state index in [-0.39, 0.29) is 23.6 Å². The van der Waals surface area contributed by atoms with E-state index in [4.69, 9.17) is 5.11 Å². The molecule has 1 amide bonds. The minimum absolute atomic E-state index is 0.0241. The van der Waals surface area contributed by atoms with Gasteiger partial charge in [0.25, 0.3) is 0 Å². The zero-order valence-corrected chi connectivity index (χ0v) is 10.00. The summed E-state index contributed by atoms with van der Waals surface area (Å²) in [7, 11) is 0. The SMILES string of the molecule is CCNCCC(=O)Nc1cc(F)ccc1C(=O)O. The van der Waals surface area contributed by atoms with E-state index in [2.05, 4.69) is 10.6 Å². The molecule has 0 unspecified atom stereocenters. The summed E-state index contributed by atoms with van der Waals surface area (Å²) < 4.78 is 13.0.